The van der Waals surface area contributed by atoms with Crippen LogP contribution >= 0.6 is 0 Å². The van der Waals surface area contributed by atoms with Crippen molar-refractivity contribution < 1.29 is 17.6 Å². The Morgan fingerprint density at radius 3 is 2.48 bits per heavy atom. The molecule has 2 aromatic carbocycles. The SMILES string of the molecule is CCCc1nc2ccn(CC(=O)NCCC(C)C)c(=O)c2n1Cc1ccc(-c2ccccc2S(=O)(=O)NC(C)(C)C)cc1F. The molecular weight excluding hydrogens is 581 g/mol. The van der Waals surface area contributed by atoms with Crippen LogP contribution in [0.15, 0.2) is 64.4 Å². The van der Waals surface area contributed by atoms with Crippen molar-refractivity contribution in [1.29, 1.82) is 0 Å². The molecule has 0 fully saturated rings. The second-order valence-corrected chi connectivity index (χ2v) is 14.2. The first-order valence-corrected chi connectivity index (χ1v) is 16.5. The minimum absolute atomic E-state index is 0.0450. The van der Waals surface area contributed by atoms with Crippen LogP contribution in [-0.2, 0) is 34.3 Å². The number of amides is 1. The van der Waals surface area contributed by atoms with Gasteiger partial charge in [-0.1, -0.05) is 51.1 Å². The third-order valence-electron chi connectivity index (χ3n) is 7.09. The summed E-state index contributed by atoms with van der Waals surface area (Å²) in [5.41, 5.74) is 0.830. The van der Waals surface area contributed by atoms with Crippen molar-refractivity contribution in [3.63, 3.8) is 0 Å². The van der Waals surface area contributed by atoms with E-state index in [4.69, 9.17) is 0 Å². The van der Waals surface area contributed by atoms with E-state index in [-0.39, 0.29) is 29.5 Å². The summed E-state index contributed by atoms with van der Waals surface area (Å²) in [7, 11) is -3.87. The van der Waals surface area contributed by atoms with Crippen LogP contribution in [0.2, 0.25) is 0 Å². The van der Waals surface area contributed by atoms with Gasteiger partial charge in [-0.15, -0.1) is 0 Å². The van der Waals surface area contributed by atoms with E-state index in [0.717, 1.165) is 12.8 Å². The van der Waals surface area contributed by atoms with E-state index in [1.165, 1.54) is 16.7 Å². The highest BCUT2D eigenvalue weighted by Crippen LogP contribution is 2.30. The Bertz CT molecular complexity index is 1820. The molecule has 9 nitrogen and oxygen atoms in total. The normalized spacial score (nSPS) is 12.3. The molecule has 44 heavy (non-hydrogen) atoms. The first-order valence-electron chi connectivity index (χ1n) is 15.0. The third kappa shape index (κ3) is 7.81. The number of hydrogen-bond donors (Lipinski definition) is 2. The van der Waals surface area contributed by atoms with Gasteiger partial charge in [0.2, 0.25) is 15.9 Å². The average Bonchev–Trinajstić information content (AvgIpc) is 3.27. The molecule has 0 atom stereocenters. The Hall–Kier alpha value is -3.83. The van der Waals surface area contributed by atoms with Crippen LogP contribution in [0.4, 0.5) is 4.39 Å². The van der Waals surface area contributed by atoms with E-state index in [1.807, 2.05) is 6.92 Å². The molecule has 2 heterocycles. The van der Waals surface area contributed by atoms with Gasteiger partial charge in [0.15, 0.2) is 0 Å². The molecule has 4 aromatic rings. The molecule has 4 rings (SSSR count). The summed E-state index contributed by atoms with van der Waals surface area (Å²) in [6.45, 7) is 11.9. The molecule has 2 N–H and O–H groups in total. The van der Waals surface area contributed by atoms with Gasteiger partial charge in [0, 0.05) is 35.8 Å². The summed E-state index contributed by atoms with van der Waals surface area (Å²) in [5, 5.41) is 2.86. The number of rotatable bonds is 12. The quantitative estimate of drug-likeness (QED) is 0.224. The molecule has 0 bridgehead atoms. The van der Waals surface area contributed by atoms with Crippen molar-refractivity contribution in [3.8, 4) is 11.1 Å². The highest BCUT2D eigenvalue weighted by molar-refractivity contribution is 7.89. The zero-order valence-electron chi connectivity index (χ0n) is 26.3. The van der Waals surface area contributed by atoms with Gasteiger partial charge < -0.3 is 14.5 Å². The van der Waals surface area contributed by atoms with E-state index >= 15 is 4.39 Å². The van der Waals surface area contributed by atoms with Crippen molar-refractivity contribution in [2.24, 2.45) is 5.92 Å². The number of nitrogens with zero attached hydrogens (tertiary/aromatic N) is 3. The predicted molar refractivity (Wildman–Crippen MR) is 171 cm³/mol. The molecule has 1 amide bonds. The zero-order chi connectivity index (χ0) is 32.2. The lowest BCUT2D eigenvalue weighted by Crippen LogP contribution is -2.40. The third-order valence-corrected chi connectivity index (χ3v) is 8.91. The molecule has 0 radical (unpaired) electrons. The summed E-state index contributed by atoms with van der Waals surface area (Å²) >= 11 is 0. The number of hydrogen-bond acceptors (Lipinski definition) is 5. The number of halogens is 1. The molecule has 0 unspecified atom stereocenters. The van der Waals surface area contributed by atoms with Gasteiger partial charge in [0.25, 0.3) is 5.56 Å². The van der Waals surface area contributed by atoms with Crippen LogP contribution in [0.25, 0.3) is 22.2 Å². The number of benzene rings is 2. The van der Waals surface area contributed by atoms with Gasteiger partial charge >= 0.3 is 0 Å². The summed E-state index contributed by atoms with van der Waals surface area (Å²) < 4.78 is 47.8. The second kappa shape index (κ2) is 13.4. The van der Waals surface area contributed by atoms with Gasteiger partial charge in [-0.25, -0.2) is 22.5 Å². The first kappa shape index (κ1) is 33.1. The van der Waals surface area contributed by atoms with Crippen molar-refractivity contribution in [3.05, 3.63) is 82.3 Å². The number of imidazole rings is 1. The van der Waals surface area contributed by atoms with Crippen LogP contribution in [0.1, 0.15) is 65.8 Å². The molecular formula is C33H42FN5O4S. The van der Waals surface area contributed by atoms with E-state index in [2.05, 4.69) is 28.9 Å². The Morgan fingerprint density at radius 2 is 1.82 bits per heavy atom. The standard InChI is InChI=1S/C33H42FN5O4S/c1-7-10-29-36-27-16-18-38(21-30(40)35-17-15-22(2)3)32(41)31(27)39(29)20-24-14-13-23(19-26(24)34)25-11-8-9-12-28(25)44(42,43)37-33(4,5)6/h8-9,11-14,16,18-19,22,37H,7,10,15,17,20-21H2,1-6H3,(H,35,40). The second-order valence-electron chi connectivity index (χ2n) is 12.5. The first-order chi connectivity index (χ1) is 20.7. The lowest BCUT2D eigenvalue weighted by Gasteiger charge is -2.21. The van der Waals surface area contributed by atoms with Gasteiger partial charge in [0.1, 0.15) is 23.7 Å². The minimum atomic E-state index is -3.87. The van der Waals surface area contributed by atoms with Crippen LogP contribution in [0.3, 0.4) is 0 Å². The largest absolute Gasteiger partial charge is 0.355 e. The molecule has 236 valence electrons. The predicted octanol–water partition coefficient (Wildman–Crippen LogP) is 5.24. The molecule has 0 aliphatic carbocycles. The maximum atomic E-state index is 15.7. The summed E-state index contributed by atoms with van der Waals surface area (Å²) in [6, 6.07) is 12.8. The fourth-order valence-electron chi connectivity index (χ4n) is 5.06. The topological polar surface area (TPSA) is 115 Å². The molecule has 0 aliphatic heterocycles. The van der Waals surface area contributed by atoms with Crippen molar-refractivity contribution in [2.45, 2.75) is 84.3 Å². The Balaban J connectivity index is 1.69. The van der Waals surface area contributed by atoms with Gasteiger partial charge in [0.05, 0.1) is 17.0 Å². The van der Waals surface area contributed by atoms with Crippen molar-refractivity contribution in [1.82, 2.24) is 24.2 Å². The molecule has 0 saturated carbocycles. The van der Waals surface area contributed by atoms with Crippen LogP contribution in [-0.4, -0.2) is 40.5 Å². The number of fused-ring (bicyclic) bond motifs is 1. The van der Waals surface area contributed by atoms with Gasteiger partial charge in [-0.2, -0.15) is 0 Å². The molecule has 0 aliphatic rings. The van der Waals surface area contributed by atoms with E-state index < -0.39 is 21.4 Å². The Labute approximate surface area is 258 Å². The smallest absolute Gasteiger partial charge is 0.277 e. The summed E-state index contributed by atoms with van der Waals surface area (Å²) in [4.78, 5) is 30.8. The van der Waals surface area contributed by atoms with Gasteiger partial charge in [-0.05, 0) is 63.3 Å². The summed E-state index contributed by atoms with van der Waals surface area (Å²) in [6.07, 6.45) is 3.75. The molecule has 0 saturated heterocycles. The van der Waals surface area contributed by atoms with Crippen molar-refractivity contribution in [2.75, 3.05) is 6.54 Å². The molecule has 2 aromatic heterocycles. The Kier molecular flexibility index (Phi) is 10.1. The number of aromatic nitrogens is 3. The lowest BCUT2D eigenvalue weighted by atomic mass is 10.0. The maximum Gasteiger partial charge on any atom is 0.277 e. The molecule has 0 spiro atoms. The zero-order valence-corrected chi connectivity index (χ0v) is 27.1. The average molecular weight is 624 g/mol. The lowest BCUT2D eigenvalue weighted by molar-refractivity contribution is -0.121. The summed E-state index contributed by atoms with van der Waals surface area (Å²) in [5.74, 6) is 0.299. The maximum absolute atomic E-state index is 15.7. The highest BCUT2D eigenvalue weighted by Gasteiger charge is 2.25. The van der Waals surface area contributed by atoms with E-state index in [1.54, 1.807) is 67.9 Å². The fraction of sp³-hybridized carbons (Fsp3) is 0.424. The number of sulfonamides is 1. The minimum Gasteiger partial charge on any atom is -0.355 e. The number of nitrogens with one attached hydrogen (secondary N) is 2. The van der Waals surface area contributed by atoms with E-state index in [0.29, 0.717) is 52.4 Å². The monoisotopic (exact) mass is 623 g/mol. The number of pyridine rings is 1. The van der Waals surface area contributed by atoms with Gasteiger partial charge in [-0.3, -0.25) is 9.59 Å². The number of aryl methyl sites for hydroxylation is 1. The van der Waals surface area contributed by atoms with Crippen LogP contribution < -0.4 is 15.6 Å². The molecule has 11 heteroatoms. The van der Waals surface area contributed by atoms with Crippen molar-refractivity contribution >= 4 is 27.0 Å². The Morgan fingerprint density at radius 1 is 1.09 bits per heavy atom. The number of carbonyl (C=O) groups is 1. The fourth-order valence-corrected chi connectivity index (χ4v) is 6.71. The highest BCUT2D eigenvalue weighted by atomic mass is 32.2. The van der Waals surface area contributed by atoms with Crippen LogP contribution in [0, 0.1) is 11.7 Å². The van der Waals surface area contributed by atoms with Crippen LogP contribution in [0.5, 0.6) is 0 Å². The number of carbonyl (C=O) groups excluding carboxylic acids is 1. The van der Waals surface area contributed by atoms with E-state index in [9.17, 15) is 18.0 Å².